The van der Waals surface area contributed by atoms with Crippen LogP contribution in [0.3, 0.4) is 0 Å². The molecule has 1 aliphatic heterocycles. The molecular weight excluding hydrogens is 385 g/mol. The van der Waals surface area contributed by atoms with Crippen LogP contribution >= 0.6 is 0 Å². The van der Waals surface area contributed by atoms with E-state index in [4.69, 9.17) is 9.47 Å². The normalized spacial score (nSPS) is 18.7. The number of methoxy groups -OCH3 is 2. The van der Waals surface area contributed by atoms with Crippen molar-refractivity contribution >= 4 is 11.6 Å². The molecule has 0 saturated carbocycles. The van der Waals surface area contributed by atoms with Gasteiger partial charge < -0.3 is 19.7 Å². The van der Waals surface area contributed by atoms with Crippen molar-refractivity contribution in [1.82, 2.24) is 0 Å². The predicted octanol–water partition coefficient (Wildman–Crippen LogP) is 2.86. The minimum atomic E-state index is -4.45. The third kappa shape index (κ3) is 4.64. The van der Waals surface area contributed by atoms with Crippen molar-refractivity contribution in [3.63, 3.8) is 0 Å². The Bertz CT molecular complexity index is 899. The molecule has 8 heteroatoms. The minimum absolute atomic E-state index is 0.0332. The van der Waals surface area contributed by atoms with Gasteiger partial charge in [0.2, 0.25) is 0 Å². The Kier molecular flexibility index (Phi) is 6.02. The van der Waals surface area contributed by atoms with Crippen molar-refractivity contribution in [2.45, 2.75) is 25.6 Å². The summed E-state index contributed by atoms with van der Waals surface area (Å²) >= 11 is 0. The first-order chi connectivity index (χ1) is 13.7. The largest absolute Gasteiger partial charge is 0.493 e. The molecule has 1 heterocycles. The van der Waals surface area contributed by atoms with Gasteiger partial charge in [0.15, 0.2) is 18.0 Å². The SMILES string of the molecule is COc1cc2c(cc1OC)[C@H](C)[NH+](CC(=O)Nc1cccc(C(F)(F)F)c1)CC2. The van der Waals surface area contributed by atoms with Crippen LogP contribution in [0.2, 0.25) is 0 Å². The van der Waals surface area contributed by atoms with Crippen LogP contribution in [0.25, 0.3) is 0 Å². The zero-order chi connectivity index (χ0) is 21.2. The average molecular weight is 409 g/mol. The molecule has 2 aromatic rings. The van der Waals surface area contributed by atoms with Gasteiger partial charge in [0.1, 0.15) is 6.04 Å². The standard InChI is InChI=1S/C21H23F3N2O3/c1-13-17-11-19(29-3)18(28-2)9-14(17)7-8-26(13)12-20(27)25-16-6-4-5-15(10-16)21(22,23)24/h4-6,9-11,13H,7-8,12H2,1-3H3,(H,25,27)/p+1/t13-/m0/s1. The number of nitrogens with one attached hydrogen (secondary N) is 2. The van der Waals surface area contributed by atoms with Gasteiger partial charge >= 0.3 is 6.18 Å². The van der Waals surface area contributed by atoms with Crippen LogP contribution in [0.5, 0.6) is 11.5 Å². The van der Waals surface area contributed by atoms with Gasteiger partial charge in [-0.3, -0.25) is 4.79 Å². The van der Waals surface area contributed by atoms with Crippen molar-refractivity contribution in [3.8, 4) is 11.5 Å². The lowest BCUT2D eigenvalue weighted by Crippen LogP contribution is -3.14. The van der Waals surface area contributed by atoms with Crippen LogP contribution in [0, 0.1) is 0 Å². The number of fused-ring (bicyclic) bond motifs is 1. The van der Waals surface area contributed by atoms with E-state index in [1.807, 2.05) is 19.1 Å². The van der Waals surface area contributed by atoms with Gasteiger partial charge in [0.25, 0.3) is 5.91 Å². The summed E-state index contributed by atoms with van der Waals surface area (Å²) in [4.78, 5) is 13.5. The molecular formula is C21H24F3N2O3+. The molecule has 3 rings (SSSR count). The predicted molar refractivity (Wildman–Crippen MR) is 102 cm³/mol. The number of hydrogen-bond donors (Lipinski definition) is 2. The van der Waals surface area contributed by atoms with E-state index in [1.165, 1.54) is 12.1 Å². The van der Waals surface area contributed by atoms with Crippen molar-refractivity contribution in [3.05, 3.63) is 53.1 Å². The molecule has 2 aromatic carbocycles. The zero-order valence-corrected chi connectivity index (χ0v) is 16.5. The number of carbonyl (C=O) groups excluding carboxylic acids is 1. The molecule has 0 bridgehead atoms. The summed E-state index contributed by atoms with van der Waals surface area (Å²) in [6.07, 6.45) is -3.68. The molecule has 1 unspecified atom stereocenters. The van der Waals surface area contributed by atoms with Gasteiger partial charge in [-0.1, -0.05) is 6.07 Å². The second kappa shape index (κ2) is 8.32. The van der Waals surface area contributed by atoms with Crippen LogP contribution in [-0.4, -0.2) is 33.2 Å². The Balaban J connectivity index is 1.71. The number of alkyl halides is 3. The molecule has 0 spiro atoms. The number of benzene rings is 2. The maximum absolute atomic E-state index is 12.8. The monoisotopic (exact) mass is 409 g/mol. The van der Waals surface area contributed by atoms with Crippen LogP contribution < -0.4 is 19.7 Å². The molecule has 0 fully saturated rings. The molecule has 0 radical (unpaired) electrons. The van der Waals surface area contributed by atoms with Crippen LogP contribution in [0.4, 0.5) is 18.9 Å². The summed E-state index contributed by atoms with van der Waals surface area (Å²) in [5, 5.41) is 2.58. The number of hydrogen-bond acceptors (Lipinski definition) is 3. The van der Waals surface area contributed by atoms with E-state index in [-0.39, 0.29) is 24.2 Å². The van der Waals surface area contributed by atoms with Crippen LogP contribution in [0.15, 0.2) is 36.4 Å². The number of quaternary nitrogens is 1. The number of halogens is 3. The van der Waals surface area contributed by atoms with Gasteiger partial charge in [-0.05, 0) is 42.8 Å². The van der Waals surface area contributed by atoms with Gasteiger partial charge in [0.05, 0.1) is 26.3 Å². The summed E-state index contributed by atoms with van der Waals surface area (Å²) < 4.78 is 49.3. The third-order valence-corrected chi connectivity index (χ3v) is 5.30. The molecule has 0 saturated heterocycles. The van der Waals surface area contributed by atoms with Gasteiger partial charge in [-0.2, -0.15) is 13.2 Å². The lowest BCUT2D eigenvalue weighted by molar-refractivity contribution is -0.924. The van der Waals surface area contributed by atoms with Crippen molar-refractivity contribution in [1.29, 1.82) is 0 Å². The van der Waals surface area contributed by atoms with E-state index in [9.17, 15) is 18.0 Å². The average Bonchev–Trinajstić information content (AvgIpc) is 2.68. The lowest BCUT2D eigenvalue weighted by atomic mass is 9.93. The van der Waals surface area contributed by atoms with E-state index in [0.717, 1.165) is 41.1 Å². The fraction of sp³-hybridized carbons (Fsp3) is 0.381. The number of ether oxygens (including phenoxy) is 2. The van der Waals surface area contributed by atoms with E-state index in [2.05, 4.69) is 5.32 Å². The highest BCUT2D eigenvalue weighted by Gasteiger charge is 2.32. The second-order valence-electron chi connectivity index (χ2n) is 7.09. The fourth-order valence-electron chi connectivity index (χ4n) is 3.71. The maximum Gasteiger partial charge on any atom is 0.416 e. The highest BCUT2D eigenvalue weighted by atomic mass is 19.4. The van der Waals surface area contributed by atoms with E-state index < -0.39 is 11.7 Å². The highest BCUT2D eigenvalue weighted by Crippen LogP contribution is 2.34. The first-order valence-corrected chi connectivity index (χ1v) is 9.29. The first kappa shape index (κ1) is 21.0. The van der Waals surface area contributed by atoms with Crippen LogP contribution in [0.1, 0.15) is 29.7 Å². The van der Waals surface area contributed by atoms with Crippen LogP contribution in [-0.2, 0) is 17.4 Å². The van der Waals surface area contributed by atoms with Gasteiger partial charge in [-0.15, -0.1) is 0 Å². The molecule has 1 aliphatic rings. The summed E-state index contributed by atoms with van der Waals surface area (Å²) in [6.45, 7) is 2.92. The minimum Gasteiger partial charge on any atom is -0.493 e. The maximum atomic E-state index is 12.8. The quantitative estimate of drug-likeness (QED) is 0.799. The highest BCUT2D eigenvalue weighted by molar-refractivity contribution is 5.91. The number of anilines is 1. The summed E-state index contributed by atoms with van der Waals surface area (Å²) in [5.74, 6) is 0.979. The van der Waals surface area contributed by atoms with Crippen molar-refractivity contribution in [2.75, 3.05) is 32.6 Å². The summed E-state index contributed by atoms with van der Waals surface area (Å²) in [5.41, 5.74) is 1.58. The topological polar surface area (TPSA) is 52.0 Å². The smallest absolute Gasteiger partial charge is 0.416 e. The Morgan fingerprint density at radius 1 is 1.17 bits per heavy atom. The van der Waals surface area contributed by atoms with Crippen molar-refractivity contribution < 1.29 is 32.3 Å². The molecule has 5 nitrogen and oxygen atoms in total. The summed E-state index contributed by atoms with van der Waals surface area (Å²) in [6, 6.07) is 8.59. The van der Waals surface area contributed by atoms with Crippen molar-refractivity contribution in [2.24, 2.45) is 0 Å². The Morgan fingerprint density at radius 2 is 1.86 bits per heavy atom. The molecule has 2 N–H and O–H groups in total. The van der Waals surface area contributed by atoms with Gasteiger partial charge in [0, 0.05) is 17.7 Å². The molecule has 0 aliphatic carbocycles. The fourth-order valence-corrected chi connectivity index (χ4v) is 3.71. The molecule has 1 amide bonds. The first-order valence-electron chi connectivity index (χ1n) is 9.29. The lowest BCUT2D eigenvalue weighted by Gasteiger charge is -2.32. The Labute approximate surface area is 167 Å². The Hall–Kier alpha value is -2.74. The van der Waals surface area contributed by atoms with E-state index in [1.54, 1.807) is 14.2 Å². The van der Waals surface area contributed by atoms with E-state index in [0.29, 0.717) is 11.5 Å². The summed E-state index contributed by atoms with van der Waals surface area (Å²) in [7, 11) is 3.16. The van der Waals surface area contributed by atoms with E-state index >= 15 is 0 Å². The molecule has 2 atom stereocenters. The number of rotatable bonds is 5. The second-order valence-corrected chi connectivity index (χ2v) is 7.09. The molecule has 0 aromatic heterocycles. The van der Waals surface area contributed by atoms with Gasteiger partial charge in [-0.25, -0.2) is 0 Å². The number of carbonyl (C=O) groups is 1. The third-order valence-electron chi connectivity index (χ3n) is 5.30. The Morgan fingerprint density at radius 3 is 2.52 bits per heavy atom. The molecule has 29 heavy (non-hydrogen) atoms. The molecule has 156 valence electrons. The number of amides is 1. The zero-order valence-electron chi connectivity index (χ0n) is 16.5.